The van der Waals surface area contributed by atoms with E-state index in [0.29, 0.717) is 41.4 Å². The minimum atomic E-state index is -0.924. The molecule has 0 radical (unpaired) electrons. The molecule has 1 fully saturated rings. The molecule has 58 heavy (non-hydrogen) atoms. The molecule has 4 atom stereocenters. The van der Waals surface area contributed by atoms with Crippen molar-refractivity contribution in [3.8, 4) is 22.6 Å². The van der Waals surface area contributed by atoms with Crippen LogP contribution in [0.15, 0.2) is 115 Å². The van der Waals surface area contributed by atoms with Crippen LogP contribution < -0.4 is 10.6 Å². The predicted octanol–water partition coefficient (Wildman–Crippen LogP) is 6.33. The van der Waals surface area contributed by atoms with Crippen LogP contribution in [-0.4, -0.2) is 81.2 Å². The van der Waals surface area contributed by atoms with Crippen LogP contribution in [0.5, 0.6) is 0 Å². The van der Waals surface area contributed by atoms with Gasteiger partial charge in [-0.05, 0) is 42.0 Å². The summed E-state index contributed by atoms with van der Waals surface area (Å²) in [6.45, 7) is 2.43. The van der Waals surface area contributed by atoms with E-state index >= 15 is 0 Å². The molecule has 0 aliphatic carbocycles. The van der Waals surface area contributed by atoms with Crippen LogP contribution in [0.2, 0.25) is 0 Å². The first-order valence-electron chi connectivity index (χ1n) is 19.1. The number of imidazole rings is 1. The summed E-state index contributed by atoms with van der Waals surface area (Å²) < 4.78 is 9.66. The number of alkyl carbamates (subject to hydrolysis) is 1. The van der Waals surface area contributed by atoms with Gasteiger partial charge in [-0.15, -0.1) is 0 Å². The van der Waals surface area contributed by atoms with Crippen molar-refractivity contribution in [1.29, 1.82) is 0 Å². The number of methoxy groups -OCH3 is 2. The molecule has 0 bridgehead atoms. The largest absolute Gasteiger partial charge is 0.469 e. The van der Waals surface area contributed by atoms with E-state index in [1.807, 2.05) is 78.7 Å². The Labute approximate surface area is 335 Å². The Hall–Kier alpha value is -6.96. The van der Waals surface area contributed by atoms with Gasteiger partial charge < -0.3 is 30.0 Å². The van der Waals surface area contributed by atoms with Crippen molar-refractivity contribution in [1.82, 2.24) is 35.5 Å². The van der Waals surface area contributed by atoms with Gasteiger partial charge in [0.15, 0.2) is 0 Å². The van der Waals surface area contributed by atoms with Gasteiger partial charge in [0.2, 0.25) is 11.8 Å². The van der Waals surface area contributed by atoms with E-state index in [0.717, 1.165) is 40.8 Å². The van der Waals surface area contributed by atoms with Crippen LogP contribution in [0, 0.1) is 0 Å². The third-order valence-corrected chi connectivity index (χ3v) is 10.5. The molecule has 3 N–H and O–H groups in total. The number of allylic oxidation sites excluding steroid dienone is 1. The molecular weight excluding hydrogens is 737 g/mol. The minimum Gasteiger partial charge on any atom is -0.469 e. The van der Waals surface area contributed by atoms with Crippen LogP contribution in [-0.2, 0) is 23.9 Å². The average molecular weight is 781 g/mol. The number of ether oxygens (including phenoxy) is 2. The van der Waals surface area contributed by atoms with Gasteiger partial charge in [0, 0.05) is 30.4 Å². The second-order valence-corrected chi connectivity index (χ2v) is 14.1. The molecule has 4 heterocycles. The maximum Gasteiger partial charge on any atom is 0.407 e. The fourth-order valence-corrected chi connectivity index (χ4v) is 7.30. The number of benzene rings is 3. The number of esters is 1. The number of rotatable bonds is 13. The molecule has 0 saturated carbocycles. The SMILES string of the molecule is COC(=O)C[C@@H](C(=O)N1CCC[C@H]1c1ncc(-c2cnc(-c3ccc(C4=CN=C([C@H](C)NC(=O)[C@H](NC(=O)OC)c5ccccc5)C4)cc3)cn2)[nH]1)c1ccccc1. The fourth-order valence-electron chi connectivity index (χ4n) is 7.30. The van der Waals surface area contributed by atoms with E-state index in [1.165, 1.54) is 14.2 Å². The first-order chi connectivity index (χ1) is 28.2. The molecule has 14 heteroatoms. The van der Waals surface area contributed by atoms with Crippen LogP contribution in [0.3, 0.4) is 0 Å². The lowest BCUT2D eigenvalue weighted by Gasteiger charge is -2.28. The highest BCUT2D eigenvalue weighted by molar-refractivity contribution is 6.03. The lowest BCUT2D eigenvalue weighted by molar-refractivity contribution is -0.145. The number of carbonyl (C=O) groups excluding carboxylic acids is 4. The van der Waals surface area contributed by atoms with Gasteiger partial charge >= 0.3 is 12.1 Å². The molecule has 1 saturated heterocycles. The number of nitrogens with one attached hydrogen (secondary N) is 3. The van der Waals surface area contributed by atoms with E-state index in [-0.39, 0.29) is 30.3 Å². The van der Waals surface area contributed by atoms with E-state index in [2.05, 4.69) is 35.6 Å². The second-order valence-electron chi connectivity index (χ2n) is 14.1. The maximum absolute atomic E-state index is 13.9. The Morgan fingerprint density at radius 3 is 2.16 bits per heavy atom. The number of aromatic amines is 1. The van der Waals surface area contributed by atoms with Crippen molar-refractivity contribution in [2.75, 3.05) is 20.8 Å². The number of aromatic nitrogens is 4. The number of H-pyrrole nitrogens is 1. The van der Waals surface area contributed by atoms with Crippen molar-refractivity contribution in [3.63, 3.8) is 0 Å². The molecule has 2 aromatic heterocycles. The third-order valence-electron chi connectivity index (χ3n) is 10.5. The Morgan fingerprint density at radius 1 is 0.810 bits per heavy atom. The van der Waals surface area contributed by atoms with Gasteiger partial charge in [0.25, 0.3) is 0 Å². The van der Waals surface area contributed by atoms with Crippen LogP contribution in [0.4, 0.5) is 4.79 Å². The predicted molar refractivity (Wildman–Crippen MR) is 217 cm³/mol. The third kappa shape index (κ3) is 8.86. The summed E-state index contributed by atoms with van der Waals surface area (Å²) in [5.74, 6) is -0.941. The molecule has 7 rings (SSSR count). The maximum atomic E-state index is 13.9. The zero-order valence-electron chi connectivity index (χ0n) is 32.4. The Bertz CT molecular complexity index is 2310. The molecule has 14 nitrogen and oxygen atoms in total. The van der Waals surface area contributed by atoms with Crippen molar-refractivity contribution in [2.45, 2.75) is 56.7 Å². The highest BCUT2D eigenvalue weighted by Gasteiger charge is 2.37. The first kappa shape index (κ1) is 39.3. The topological polar surface area (TPSA) is 181 Å². The Balaban J connectivity index is 0.962. The van der Waals surface area contributed by atoms with Gasteiger partial charge in [0.05, 0.1) is 68.6 Å². The van der Waals surface area contributed by atoms with E-state index in [1.54, 1.807) is 42.9 Å². The van der Waals surface area contributed by atoms with E-state index < -0.39 is 24.0 Å². The highest BCUT2D eigenvalue weighted by atomic mass is 16.5. The zero-order chi connectivity index (χ0) is 40.6. The smallest absolute Gasteiger partial charge is 0.407 e. The van der Waals surface area contributed by atoms with Crippen molar-refractivity contribution >= 4 is 35.2 Å². The normalized spacial score (nSPS) is 16.4. The summed E-state index contributed by atoms with van der Waals surface area (Å²) >= 11 is 0. The minimum absolute atomic E-state index is 0.0413. The number of hydrogen-bond donors (Lipinski definition) is 3. The van der Waals surface area contributed by atoms with Crippen molar-refractivity contribution in [2.24, 2.45) is 4.99 Å². The average Bonchev–Trinajstić information content (AvgIpc) is 4.07. The summed E-state index contributed by atoms with van der Waals surface area (Å²) in [6.07, 6.45) is 8.29. The summed E-state index contributed by atoms with van der Waals surface area (Å²) in [7, 11) is 2.58. The van der Waals surface area contributed by atoms with Gasteiger partial charge in [-0.3, -0.25) is 29.3 Å². The van der Waals surface area contributed by atoms with Crippen LogP contribution >= 0.6 is 0 Å². The van der Waals surface area contributed by atoms with Gasteiger partial charge in [-0.2, -0.15) is 0 Å². The van der Waals surface area contributed by atoms with Gasteiger partial charge in [-0.1, -0.05) is 84.9 Å². The standard InChI is InChI=1S/C44H44N8O6/c1-27(49-42(54)40(51-44(56)58-3)31-13-8-5-9-14-31)34-21-32(23-45-34)28-16-18-30(19-17-28)35-24-47-36(25-46-35)37-26-48-41(50-37)38-15-10-20-52(38)43(55)33(22-39(53)57-2)29-11-6-4-7-12-29/h4-9,11-14,16-19,23-27,33,38,40H,10,15,20-22H2,1-3H3,(H,48,50)(H,49,54)(H,51,56)/t27-,33+,38-,40+/m0/s1. The van der Waals surface area contributed by atoms with E-state index in [4.69, 9.17) is 9.47 Å². The fraction of sp³-hybridized carbons (Fsp3) is 0.273. The van der Waals surface area contributed by atoms with Gasteiger partial charge in [0.1, 0.15) is 17.6 Å². The summed E-state index contributed by atoms with van der Waals surface area (Å²) in [4.78, 5) is 75.3. The number of hydrogen-bond acceptors (Lipinski definition) is 10. The number of carbonyl (C=O) groups is 4. The summed E-state index contributed by atoms with van der Waals surface area (Å²) in [6, 6.07) is 24.7. The zero-order valence-corrected chi connectivity index (χ0v) is 32.4. The highest BCUT2D eigenvalue weighted by Crippen LogP contribution is 2.35. The van der Waals surface area contributed by atoms with E-state index in [9.17, 15) is 19.2 Å². The molecule has 3 amide bonds. The lowest BCUT2D eigenvalue weighted by atomic mass is 9.94. The molecular formula is C44H44N8O6. The number of amides is 3. The molecule has 2 aliphatic rings. The Morgan fingerprint density at radius 2 is 1.48 bits per heavy atom. The molecule has 0 unspecified atom stereocenters. The first-order valence-corrected chi connectivity index (χ1v) is 19.1. The number of aliphatic imine (C=N–C) groups is 1. The summed E-state index contributed by atoms with van der Waals surface area (Å²) in [5, 5.41) is 5.59. The molecule has 0 spiro atoms. The summed E-state index contributed by atoms with van der Waals surface area (Å²) in [5.41, 5.74) is 7.07. The van der Waals surface area contributed by atoms with Crippen LogP contribution in [0.25, 0.3) is 28.2 Å². The Kier molecular flexibility index (Phi) is 12.1. The molecule has 2 aliphatic heterocycles. The molecule has 3 aromatic carbocycles. The second kappa shape index (κ2) is 17.9. The van der Waals surface area contributed by atoms with Gasteiger partial charge in [-0.25, -0.2) is 9.78 Å². The van der Waals surface area contributed by atoms with Crippen molar-refractivity contribution < 1.29 is 28.7 Å². The molecule has 296 valence electrons. The lowest BCUT2D eigenvalue weighted by Crippen LogP contribution is -2.45. The number of likely N-dealkylation sites (tertiary alicyclic amines) is 1. The molecule has 5 aromatic rings. The monoisotopic (exact) mass is 780 g/mol. The van der Waals surface area contributed by atoms with Crippen LogP contribution in [0.1, 0.15) is 73.1 Å². The quantitative estimate of drug-likeness (QED) is 0.115. The number of nitrogens with zero attached hydrogens (tertiary/aromatic N) is 5. The van der Waals surface area contributed by atoms with Crippen molar-refractivity contribution in [3.05, 3.63) is 132 Å².